The molecule has 4 nitrogen and oxygen atoms in total. The molecular formula is C22H16Cl2O4S2. The van der Waals surface area contributed by atoms with Crippen molar-refractivity contribution in [1.82, 2.24) is 0 Å². The maximum Gasteiger partial charge on any atom is 0.339 e. The lowest BCUT2D eigenvalue weighted by molar-refractivity contribution is 0.0549. The summed E-state index contributed by atoms with van der Waals surface area (Å²) in [5.74, 6) is -1.24. The Morgan fingerprint density at radius 1 is 0.633 bits per heavy atom. The molecule has 0 fully saturated rings. The van der Waals surface area contributed by atoms with Crippen LogP contribution in [0.25, 0.3) is 0 Å². The van der Waals surface area contributed by atoms with Gasteiger partial charge in [-0.2, -0.15) is 0 Å². The molecule has 154 valence electrons. The lowest BCUT2D eigenvalue weighted by Gasteiger charge is -2.16. The molecule has 3 aromatic rings. The highest BCUT2D eigenvalue weighted by Crippen LogP contribution is 2.39. The summed E-state index contributed by atoms with van der Waals surface area (Å²) in [6, 6.07) is 17.9. The van der Waals surface area contributed by atoms with E-state index in [-0.39, 0.29) is 11.1 Å². The second-order valence-corrected chi connectivity index (χ2v) is 9.01. The number of benzene rings is 3. The Labute approximate surface area is 192 Å². The van der Waals surface area contributed by atoms with E-state index in [1.54, 1.807) is 36.4 Å². The predicted octanol–water partition coefficient (Wildman–Crippen LogP) is 6.87. The van der Waals surface area contributed by atoms with Crippen LogP contribution in [0.4, 0.5) is 0 Å². The zero-order chi connectivity index (χ0) is 21.7. The molecule has 0 saturated heterocycles. The smallest absolute Gasteiger partial charge is 0.339 e. The van der Waals surface area contributed by atoms with E-state index in [1.165, 1.54) is 37.7 Å². The van der Waals surface area contributed by atoms with Crippen LogP contribution in [0, 0.1) is 0 Å². The van der Waals surface area contributed by atoms with E-state index >= 15 is 0 Å². The van der Waals surface area contributed by atoms with Crippen molar-refractivity contribution < 1.29 is 19.1 Å². The minimum absolute atomic E-state index is 0.156. The third-order valence-corrected chi connectivity index (χ3v) is 6.63. The van der Waals surface area contributed by atoms with Crippen LogP contribution in [0.5, 0.6) is 0 Å². The van der Waals surface area contributed by atoms with Gasteiger partial charge in [-0.3, -0.25) is 0 Å². The van der Waals surface area contributed by atoms with Crippen LogP contribution in [0.2, 0.25) is 10.0 Å². The molecular weight excluding hydrogens is 463 g/mol. The first-order valence-corrected chi connectivity index (χ1v) is 11.0. The Hall–Kier alpha value is -2.12. The van der Waals surface area contributed by atoms with Gasteiger partial charge in [0.2, 0.25) is 0 Å². The summed E-state index contributed by atoms with van der Waals surface area (Å²) in [4.78, 5) is 28.2. The summed E-state index contributed by atoms with van der Waals surface area (Å²) >= 11 is 14.6. The monoisotopic (exact) mass is 478 g/mol. The largest absolute Gasteiger partial charge is 0.465 e. The summed E-state index contributed by atoms with van der Waals surface area (Å²) < 4.78 is 9.96. The maximum absolute atomic E-state index is 12.7. The molecule has 30 heavy (non-hydrogen) atoms. The summed E-state index contributed by atoms with van der Waals surface area (Å²) in [6.45, 7) is 0. The Balaban J connectivity index is 2.11. The number of hydrogen-bond acceptors (Lipinski definition) is 6. The zero-order valence-corrected chi connectivity index (χ0v) is 19.1. The Bertz CT molecular complexity index is 981. The third kappa shape index (κ3) is 5.32. The number of hydrogen-bond donors (Lipinski definition) is 0. The van der Waals surface area contributed by atoms with E-state index in [0.29, 0.717) is 19.8 Å². The molecule has 0 aliphatic carbocycles. The van der Waals surface area contributed by atoms with Crippen molar-refractivity contribution in [3.8, 4) is 0 Å². The van der Waals surface area contributed by atoms with E-state index in [0.717, 1.165) is 9.79 Å². The van der Waals surface area contributed by atoms with Crippen LogP contribution in [0.3, 0.4) is 0 Å². The number of esters is 2. The fourth-order valence-corrected chi connectivity index (χ4v) is 4.75. The van der Waals surface area contributed by atoms with Crippen molar-refractivity contribution in [3.05, 3.63) is 81.8 Å². The van der Waals surface area contributed by atoms with Crippen LogP contribution in [0.1, 0.15) is 20.7 Å². The summed E-state index contributed by atoms with van der Waals surface area (Å²) in [5, 5.41) is 1.22. The van der Waals surface area contributed by atoms with Gasteiger partial charge in [0.15, 0.2) is 0 Å². The lowest BCUT2D eigenvalue weighted by atomic mass is 10.1. The van der Waals surface area contributed by atoms with Gasteiger partial charge in [0.1, 0.15) is 0 Å². The Morgan fingerprint density at radius 2 is 0.967 bits per heavy atom. The number of carbonyl (C=O) groups excluding carboxylic acids is 2. The molecule has 0 saturated carbocycles. The second-order valence-electron chi connectivity index (χ2n) is 5.91. The molecule has 0 atom stereocenters. The van der Waals surface area contributed by atoms with Crippen LogP contribution in [-0.4, -0.2) is 26.2 Å². The molecule has 0 aliphatic rings. The van der Waals surface area contributed by atoms with Crippen molar-refractivity contribution in [2.45, 2.75) is 19.6 Å². The zero-order valence-electron chi connectivity index (χ0n) is 16.0. The fourth-order valence-electron chi connectivity index (χ4n) is 2.60. The molecule has 3 aromatic carbocycles. The van der Waals surface area contributed by atoms with Crippen LogP contribution in [0.15, 0.2) is 80.2 Å². The Morgan fingerprint density at radius 3 is 1.27 bits per heavy atom. The van der Waals surface area contributed by atoms with Gasteiger partial charge in [0, 0.05) is 29.6 Å². The lowest BCUT2D eigenvalue weighted by Crippen LogP contribution is -2.14. The van der Waals surface area contributed by atoms with Crippen molar-refractivity contribution in [2.24, 2.45) is 0 Å². The number of halogens is 2. The number of methoxy groups -OCH3 is 2. The number of ether oxygens (including phenoxy) is 2. The average molecular weight is 479 g/mol. The molecule has 0 radical (unpaired) electrons. The summed E-state index contributed by atoms with van der Waals surface area (Å²) in [7, 11) is 2.55. The normalized spacial score (nSPS) is 10.5. The average Bonchev–Trinajstić information content (AvgIpc) is 2.76. The third-order valence-electron chi connectivity index (χ3n) is 3.99. The van der Waals surface area contributed by atoms with Gasteiger partial charge >= 0.3 is 11.9 Å². The first kappa shape index (κ1) is 22.6. The van der Waals surface area contributed by atoms with Crippen LogP contribution < -0.4 is 0 Å². The molecule has 0 N–H and O–H groups in total. The van der Waals surface area contributed by atoms with Gasteiger partial charge in [-0.05, 0) is 60.7 Å². The van der Waals surface area contributed by atoms with Crippen molar-refractivity contribution in [3.63, 3.8) is 0 Å². The van der Waals surface area contributed by atoms with Crippen LogP contribution in [-0.2, 0) is 9.47 Å². The fraction of sp³-hybridized carbons (Fsp3) is 0.0909. The van der Waals surface area contributed by atoms with Gasteiger partial charge in [0.25, 0.3) is 0 Å². The maximum atomic E-state index is 12.7. The minimum atomic E-state index is -0.620. The molecule has 3 rings (SSSR count). The summed E-state index contributed by atoms with van der Waals surface area (Å²) in [6.07, 6.45) is 0. The van der Waals surface area contributed by atoms with Crippen molar-refractivity contribution in [2.75, 3.05) is 14.2 Å². The predicted molar refractivity (Wildman–Crippen MR) is 120 cm³/mol. The van der Waals surface area contributed by atoms with Crippen molar-refractivity contribution >= 4 is 58.7 Å². The van der Waals surface area contributed by atoms with Gasteiger partial charge in [-0.15, -0.1) is 0 Å². The number of rotatable bonds is 6. The highest BCUT2D eigenvalue weighted by atomic mass is 35.5. The van der Waals surface area contributed by atoms with E-state index in [9.17, 15) is 9.59 Å². The molecule has 0 amide bonds. The van der Waals surface area contributed by atoms with Gasteiger partial charge in [0.05, 0.1) is 25.3 Å². The van der Waals surface area contributed by atoms with E-state index in [2.05, 4.69) is 0 Å². The highest BCUT2D eigenvalue weighted by molar-refractivity contribution is 8.00. The standard InChI is InChI=1S/C22H16Cl2O4S2/c1-27-21(25)19-17(29-15-7-3-13(23)4-8-15)11-12-18(20(19)22(26)28-2)30-16-9-5-14(24)6-10-16/h3-12H,1-2H3. The molecule has 0 unspecified atom stereocenters. The first-order valence-electron chi connectivity index (χ1n) is 8.63. The first-order chi connectivity index (χ1) is 14.4. The molecule has 0 spiro atoms. The highest BCUT2D eigenvalue weighted by Gasteiger charge is 2.27. The van der Waals surface area contributed by atoms with E-state index in [1.807, 2.05) is 24.3 Å². The van der Waals surface area contributed by atoms with Gasteiger partial charge in [-0.25, -0.2) is 9.59 Å². The molecule has 0 aromatic heterocycles. The van der Waals surface area contributed by atoms with E-state index < -0.39 is 11.9 Å². The summed E-state index contributed by atoms with van der Waals surface area (Å²) in [5.41, 5.74) is 0.312. The van der Waals surface area contributed by atoms with Crippen LogP contribution >= 0.6 is 46.7 Å². The molecule has 0 heterocycles. The minimum Gasteiger partial charge on any atom is -0.465 e. The molecule has 0 aliphatic heterocycles. The number of carbonyl (C=O) groups is 2. The quantitative estimate of drug-likeness (QED) is 0.360. The van der Waals surface area contributed by atoms with Gasteiger partial charge in [-0.1, -0.05) is 46.7 Å². The molecule has 0 bridgehead atoms. The Kier molecular flexibility index (Phi) is 7.72. The van der Waals surface area contributed by atoms with Crippen molar-refractivity contribution in [1.29, 1.82) is 0 Å². The topological polar surface area (TPSA) is 52.6 Å². The second kappa shape index (κ2) is 10.3. The SMILES string of the molecule is COC(=O)c1c(Sc2ccc(Cl)cc2)ccc(Sc2ccc(Cl)cc2)c1C(=O)OC. The molecule has 8 heteroatoms. The van der Waals surface area contributed by atoms with E-state index in [4.69, 9.17) is 32.7 Å². The van der Waals surface area contributed by atoms with Gasteiger partial charge < -0.3 is 9.47 Å².